The van der Waals surface area contributed by atoms with Gasteiger partial charge in [-0.3, -0.25) is 0 Å². The van der Waals surface area contributed by atoms with Gasteiger partial charge in [-0.2, -0.15) is 0 Å². The Morgan fingerprint density at radius 1 is 0.941 bits per heavy atom. The molecule has 0 heterocycles. The number of ether oxygens (including phenoxy) is 1. The van der Waals surface area contributed by atoms with E-state index in [0.29, 0.717) is 5.56 Å². The monoisotopic (exact) mass is 238 g/mol. The largest absolute Gasteiger partial charge is 0.340 e. The molecule has 0 aliphatic heterocycles. The van der Waals surface area contributed by atoms with Gasteiger partial charge in [-0.15, -0.1) is 0 Å². The molecular formula is C14H22O3. The second kappa shape index (κ2) is 5.63. The molecule has 1 aromatic rings. The maximum Gasteiger partial charge on any atom is 0.307 e. The van der Waals surface area contributed by atoms with Crippen LogP contribution in [0.25, 0.3) is 0 Å². The standard InChI is InChI=1S/C14H22O3/c1-4-13(5-2,6-3)17-14(15,16)12-10-8-7-9-11-12/h7-11,15-16H,4-6H2,1-3H3. The quantitative estimate of drug-likeness (QED) is 0.749. The first-order valence-corrected chi connectivity index (χ1v) is 6.20. The van der Waals surface area contributed by atoms with Crippen molar-refractivity contribution in [1.82, 2.24) is 0 Å². The fraction of sp³-hybridized carbons (Fsp3) is 0.571. The van der Waals surface area contributed by atoms with Crippen LogP contribution in [0.1, 0.15) is 45.6 Å². The first-order chi connectivity index (χ1) is 7.99. The Morgan fingerprint density at radius 2 is 1.41 bits per heavy atom. The highest BCUT2D eigenvalue weighted by Crippen LogP contribution is 2.32. The van der Waals surface area contributed by atoms with E-state index in [4.69, 9.17) is 4.74 Å². The van der Waals surface area contributed by atoms with Crippen molar-refractivity contribution >= 4 is 0 Å². The topological polar surface area (TPSA) is 49.7 Å². The SMILES string of the molecule is CCC(CC)(CC)OC(O)(O)c1ccccc1. The van der Waals surface area contributed by atoms with Crippen LogP contribution in [0, 0.1) is 0 Å². The summed E-state index contributed by atoms with van der Waals surface area (Å²) in [6.45, 7) is 5.98. The molecule has 0 aliphatic rings. The van der Waals surface area contributed by atoms with Crippen molar-refractivity contribution < 1.29 is 14.9 Å². The molecule has 3 nitrogen and oxygen atoms in total. The van der Waals surface area contributed by atoms with Gasteiger partial charge in [-0.25, -0.2) is 0 Å². The van der Waals surface area contributed by atoms with E-state index in [2.05, 4.69) is 0 Å². The molecule has 17 heavy (non-hydrogen) atoms. The second-order valence-corrected chi connectivity index (χ2v) is 4.32. The highest BCUT2D eigenvalue weighted by molar-refractivity contribution is 5.17. The lowest BCUT2D eigenvalue weighted by atomic mass is 9.93. The van der Waals surface area contributed by atoms with Gasteiger partial charge in [0.15, 0.2) is 0 Å². The van der Waals surface area contributed by atoms with Crippen molar-refractivity contribution in [3.05, 3.63) is 35.9 Å². The lowest BCUT2D eigenvalue weighted by molar-refractivity contribution is -0.390. The molecule has 0 saturated carbocycles. The lowest BCUT2D eigenvalue weighted by Gasteiger charge is -2.37. The number of benzene rings is 1. The Hall–Kier alpha value is -0.900. The molecule has 0 spiro atoms. The van der Waals surface area contributed by atoms with Gasteiger partial charge in [0.1, 0.15) is 0 Å². The Kier molecular flexibility index (Phi) is 4.69. The summed E-state index contributed by atoms with van der Waals surface area (Å²) in [7, 11) is 0. The minimum absolute atomic E-state index is 0.361. The van der Waals surface area contributed by atoms with Gasteiger partial charge < -0.3 is 14.9 Å². The summed E-state index contributed by atoms with van der Waals surface area (Å²) in [5.41, 5.74) is -0.126. The summed E-state index contributed by atoms with van der Waals surface area (Å²) in [6.07, 6.45) is 2.24. The van der Waals surface area contributed by atoms with Crippen LogP contribution >= 0.6 is 0 Å². The molecule has 0 atom stereocenters. The molecule has 1 rings (SSSR count). The van der Waals surface area contributed by atoms with Crippen molar-refractivity contribution in [1.29, 1.82) is 0 Å². The second-order valence-electron chi connectivity index (χ2n) is 4.32. The summed E-state index contributed by atoms with van der Waals surface area (Å²) >= 11 is 0. The molecule has 0 aliphatic carbocycles. The maximum absolute atomic E-state index is 10.0. The first-order valence-electron chi connectivity index (χ1n) is 6.20. The lowest BCUT2D eigenvalue weighted by Crippen LogP contribution is -2.42. The van der Waals surface area contributed by atoms with E-state index in [-0.39, 0.29) is 0 Å². The maximum atomic E-state index is 10.0. The van der Waals surface area contributed by atoms with Crippen LogP contribution in [0.3, 0.4) is 0 Å². The van der Waals surface area contributed by atoms with Crippen LogP contribution < -0.4 is 0 Å². The van der Waals surface area contributed by atoms with E-state index in [1.807, 2.05) is 26.8 Å². The summed E-state index contributed by atoms with van der Waals surface area (Å²) in [5, 5.41) is 20.1. The third-order valence-corrected chi connectivity index (χ3v) is 3.44. The van der Waals surface area contributed by atoms with Crippen LogP contribution in [0.2, 0.25) is 0 Å². The summed E-state index contributed by atoms with van der Waals surface area (Å²) in [6, 6.07) is 8.63. The molecule has 0 amide bonds. The van der Waals surface area contributed by atoms with Crippen LogP contribution in [0.5, 0.6) is 0 Å². The van der Waals surface area contributed by atoms with Crippen LogP contribution in [0.4, 0.5) is 0 Å². The third kappa shape index (κ3) is 3.28. The van der Waals surface area contributed by atoms with E-state index in [0.717, 1.165) is 19.3 Å². The minimum Gasteiger partial charge on any atom is -0.340 e. The Bertz CT molecular complexity index is 320. The van der Waals surface area contributed by atoms with Crippen LogP contribution in [0.15, 0.2) is 30.3 Å². The molecule has 0 bridgehead atoms. The van der Waals surface area contributed by atoms with Crippen molar-refractivity contribution in [2.75, 3.05) is 0 Å². The molecule has 2 N–H and O–H groups in total. The predicted octanol–water partition coefficient (Wildman–Crippen LogP) is 2.77. The predicted molar refractivity (Wildman–Crippen MR) is 67.2 cm³/mol. The van der Waals surface area contributed by atoms with Crippen LogP contribution in [-0.4, -0.2) is 15.8 Å². The summed E-state index contributed by atoms with van der Waals surface area (Å²) in [4.78, 5) is 0. The zero-order valence-corrected chi connectivity index (χ0v) is 10.8. The first kappa shape index (κ1) is 14.2. The van der Waals surface area contributed by atoms with Gasteiger partial charge in [0.2, 0.25) is 0 Å². The zero-order valence-electron chi connectivity index (χ0n) is 10.8. The summed E-state index contributed by atoms with van der Waals surface area (Å²) in [5.74, 6) is -2.22. The Morgan fingerprint density at radius 3 is 1.82 bits per heavy atom. The molecule has 0 aromatic heterocycles. The highest BCUT2D eigenvalue weighted by atomic mass is 16.8. The molecule has 3 heteroatoms. The smallest absolute Gasteiger partial charge is 0.307 e. The van der Waals surface area contributed by atoms with E-state index < -0.39 is 11.6 Å². The highest BCUT2D eigenvalue weighted by Gasteiger charge is 2.37. The van der Waals surface area contributed by atoms with Crippen molar-refractivity contribution in [3.8, 4) is 0 Å². The normalized spacial score (nSPS) is 12.8. The summed E-state index contributed by atoms with van der Waals surface area (Å²) < 4.78 is 5.57. The Balaban J connectivity index is 2.92. The van der Waals surface area contributed by atoms with E-state index in [1.165, 1.54) is 0 Å². The minimum atomic E-state index is -2.22. The average Bonchev–Trinajstić information content (AvgIpc) is 2.37. The van der Waals surface area contributed by atoms with Crippen LogP contribution in [-0.2, 0) is 10.7 Å². The van der Waals surface area contributed by atoms with Crippen molar-refractivity contribution in [2.45, 2.75) is 51.6 Å². The van der Waals surface area contributed by atoms with Crippen molar-refractivity contribution in [2.24, 2.45) is 0 Å². The van der Waals surface area contributed by atoms with E-state index in [1.54, 1.807) is 24.3 Å². The van der Waals surface area contributed by atoms with Crippen molar-refractivity contribution in [3.63, 3.8) is 0 Å². The molecule has 96 valence electrons. The molecule has 0 radical (unpaired) electrons. The molecule has 0 saturated heterocycles. The molecule has 1 aromatic carbocycles. The van der Waals surface area contributed by atoms with Gasteiger partial charge in [-0.05, 0) is 19.3 Å². The Labute approximate surface area is 103 Å². The molecule has 0 fully saturated rings. The molecular weight excluding hydrogens is 216 g/mol. The zero-order chi connectivity index (χ0) is 12.9. The van der Waals surface area contributed by atoms with E-state index in [9.17, 15) is 10.2 Å². The van der Waals surface area contributed by atoms with Gasteiger partial charge >= 0.3 is 5.97 Å². The number of hydrogen-bond donors (Lipinski definition) is 2. The van der Waals surface area contributed by atoms with Gasteiger partial charge in [0.05, 0.1) is 5.60 Å². The van der Waals surface area contributed by atoms with Gasteiger partial charge in [0.25, 0.3) is 0 Å². The average molecular weight is 238 g/mol. The van der Waals surface area contributed by atoms with Gasteiger partial charge in [0, 0.05) is 5.56 Å². The number of hydrogen-bond acceptors (Lipinski definition) is 3. The van der Waals surface area contributed by atoms with Gasteiger partial charge in [-0.1, -0.05) is 51.1 Å². The number of aliphatic hydroxyl groups is 2. The fourth-order valence-electron chi connectivity index (χ4n) is 1.98. The van der Waals surface area contributed by atoms with E-state index >= 15 is 0 Å². The third-order valence-electron chi connectivity index (χ3n) is 3.44. The molecule has 0 unspecified atom stereocenters. The number of rotatable bonds is 6. The fourth-order valence-corrected chi connectivity index (χ4v) is 1.98.